The van der Waals surface area contributed by atoms with Crippen LogP contribution in [-0.2, 0) is 0 Å². The van der Waals surface area contributed by atoms with E-state index in [0.717, 1.165) is 5.69 Å². The molecule has 0 radical (unpaired) electrons. The average Bonchev–Trinajstić information content (AvgIpc) is 2.61. The minimum atomic E-state index is -0.0474. The van der Waals surface area contributed by atoms with Crippen molar-refractivity contribution in [2.75, 3.05) is 20.6 Å². The molecule has 1 rings (SSSR count). The van der Waals surface area contributed by atoms with Crippen molar-refractivity contribution in [1.82, 2.24) is 15.2 Å². The maximum absolute atomic E-state index is 11.8. The summed E-state index contributed by atoms with van der Waals surface area (Å²) in [6.45, 7) is 6.65. The van der Waals surface area contributed by atoms with Gasteiger partial charge in [0, 0.05) is 12.1 Å². The number of likely N-dealkylation sites (N-methyl/N-ethyl adjacent to an activating group) is 1. The van der Waals surface area contributed by atoms with Gasteiger partial charge in [0.25, 0.3) is 5.91 Å². The number of aromatic nitrogens is 1. The van der Waals surface area contributed by atoms with Gasteiger partial charge in [-0.05, 0) is 34.9 Å². The van der Waals surface area contributed by atoms with Crippen molar-refractivity contribution >= 4 is 17.2 Å². The van der Waals surface area contributed by atoms with Gasteiger partial charge in [0.1, 0.15) is 4.88 Å². The van der Waals surface area contributed by atoms with Gasteiger partial charge in [-0.1, -0.05) is 0 Å². The molecule has 0 atom stereocenters. The summed E-state index contributed by atoms with van der Waals surface area (Å²) in [6.07, 6.45) is 0. The Labute approximate surface area is 101 Å². The van der Waals surface area contributed by atoms with E-state index < -0.39 is 0 Å². The third-order valence-electron chi connectivity index (χ3n) is 2.84. The quantitative estimate of drug-likeness (QED) is 0.869. The highest BCUT2D eigenvalue weighted by Gasteiger charge is 2.22. The lowest BCUT2D eigenvalue weighted by molar-refractivity contribution is 0.0923. The Morgan fingerprint density at radius 3 is 2.62 bits per heavy atom. The van der Waals surface area contributed by atoms with Crippen molar-refractivity contribution in [3.05, 3.63) is 16.1 Å². The largest absolute Gasteiger partial charge is 0.349 e. The van der Waals surface area contributed by atoms with Crippen molar-refractivity contribution in [2.24, 2.45) is 0 Å². The zero-order valence-corrected chi connectivity index (χ0v) is 11.3. The minimum absolute atomic E-state index is 0.0325. The Bertz CT molecular complexity index is 371. The van der Waals surface area contributed by atoms with Gasteiger partial charge >= 0.3 is 0 Å². The van der Waals surface area contributed by atoms with Gasteiger partial charge in [0.05, 0.1) is 11.2 Å². The fourth-order valence-electron chi connectivity index (χ4n) is 1.05. The van der Waals surface area contributed by atoms with E-state index in [1.165, 1.54) is 11.3 Å². The summed E-state index contributed by atoms with van der Waals surface area (Å²) in [6, 6.07) is 0. The van der Waals surface area contributed by atoms with Gasteiger partial charge < -0.3 is 10.2 Å². The van der Waals surface area contributed by atoms with E-state index in [4.69, 9.17) is 0 Å². The number of carbonyl (C=O) groups is 1. The summed E-state index contributed by atoms with van der Waals surface area (Å²) in [5, 5.41) is 2.94. The van der Waals surface area contributed by atoms with Crippen LogP contribution >= 0.6 is 11.3 Å². The molecule has 90 valence electrons. The standard InChI is InChI=1S/C11H19N3OS/c1-8-9(16-7-13-8)10(15)12-6-11(2,3)14(4)5/h7H,6H2,1-5H3,(H,12,15). The molecular formula is C11H19N3OS. The first-order valence-corrected chi connectivity index (χ1v) is 6.08. The zero-order valence-electron chi connectivity index (χ0n) is 10.5. The zero-order chi connectivity index (χ0) is 12.3. The Balaban J connectivity index is 2.58. The maximum atomic E-state index is 11.8. The molecule has 0 saturated carbocycles. The smallest absolute Gasteiger partial charge is 0.263 e. The van der Waals surface area contributed by atoms with Gasteiger partial charge in [0.2, 0.25) is 0 Å². The highest BCUT2D eigenvalue weighted by atomic mass is 32.1. The number of amides is 1. The summed E-state index contributed by atoms with van der Waals surface area (Å²) in [5.41, 5.74) is 2.44. The molecule has 1 N–H and O–H groups in total. The number of nitrogens with one attached hydrogen (secondary N) is 1. The fourth-order valence-corrected chi connectivity index (χ4v) is 1.77. The molecule has 4 nitrogen and oxygen atoms in total. The van der Waals surface area contributed by atoms with E-state index in [1.54, 1.807) is 5.51 Å². The second-order valence-corrected chi connectivity index (χ2v) is 5.51. The second-order valence-electron chi connectivity index (χ2n) is 4.66. The van der Waals surface area contributed by atoms with E-state index in [0.29, 0.717) is 11.4 Å². The van der Waals surface area contributed by atoms with E-state index in [9.17, 15) is 4.79 Å². The van der Waals surface area contributed by atoms with Crippen molar-refractivity contribution in [3.8, 4) is 0 Å². The van der Waals surface area contributed by atoms with Gasteiger partial charge in [-0.2, -0.15) is 0 Å². The molecule has 0 fully saturated rings. The predicted molar refractivity (Wildman–Crippen MR) is 67.0 cm³/mol. The van der Waals surface area contributed by atoms with Crippen LogP contribution in [0.5, 0.6) is 0 Å². The SMILES string of the molecule is Cc1ncsc1C(=O)NCC(C)(C)N(C)C. The molecule has 0 saturated heterocycles. The molecule has 0 aliphatic rings. The van der Waals surface area contributed by atoms with Crippen LogP contribution in [0.15, 0.2) is 5.51 Å². The van der Waals surface area contributed by atoms with Crippen LogP contribution in [0.4, 0.5) is 0 Å². The first-order chi connectivity index (χ1) is 7.34. The number of nitrogens with zero attached hydrogens (tertiary/aromatic N) is 2. The Morgan fingerprint density at radius 2 is 2.19 bits per heavy atom. The molecule has 16 heavy (non-hydrogen) atoms. The van der Waals surface area contributed by atoms with E-state index in [1.807, 2.05) is 21.0 Å². The van der Waals surface area contributed by atoms with Crippen molar-refractivity contribution in [3.63, 3.8) is 0 Å². The second kappa shape index (κ2) is 4.93. The average molecular weight is 241 g/mol. The summed E-state index contributed by atoms with van der Waals surface area (Å²) in [7, 11) is 4.01. The molecule has 0 unspecified atom stereocenters. The number of rotatable bonds is 4. The summed E-state index contributed by atoms with van der Waals surface area (Å²) >= 11 is 1.38. The van der Waals surface area contributed by atoms with Crippen LogP contribution in [-0.4, -0.2) is 42.0 Å². The third-order valence-corrected chi connectivity index (χ3v) is 3.77. The molecule has 0 spiro atoms. The number of hydrogen-bond donors (Lipinski definition) is 1. The molecule has 1 amide bonds. The fraction of sp³-hybridized carbons (Fsp3) is 0.636. The summed E-state index contributed by atoms with van der Waals surface area (Å²) in [5.74, 6) is -0.0325. The van der Waals surface area contributed by atoms with E-state index in [2.05, 4.69) is 29.0 Å². The van der Waals surface area contributed by atoms with Crippen molar-refractivity contribution < 1.29 is 4.79 Å². The monoisotopic (exact) mass is 241 g/mol. The normalized spacial score (nSPS) is 11.9. The van der Waals surface area contributed by atoms with Crippen molar-refractivity contribution in [1.29, 1.82) is 0 Å². The number of carbonyl (C=O) groups excluding carboxylic acids is 1. The van der Waals surface area contributed by atoms with Gasteiger partial charge in [-0.3, -0.25) is 4.79 Å². The van der Waals surface area contributed by atoms with Crippen LogP contribution in [0.3, 0.4) is 0 Å². The third kappa shape index (κ3) is 3.02. The number of hydrogen-bond acceptors (Lipinski definition) is 4. The lowest BCUT2D eigenvalue weighted by Crippen LogP contribution is -2.48. The molecule has 0 aromatic carbocycles. The summed E-state index contributed by atoms with van der Waals surface area (Å²) in [4.78, 5) is 18.7. The van der Waals surface area contributed by atoms with Gasteiger partial charge in [-0.15, -0.1) is 11.3 Å². The lowest BCUT2D eigenvalue weighted by atomic mass is 10.0. The van der Waals surface area contributed by atoms with Crippen LogP contribution in [0.1, 0.15) is 29.2 Å². The van der Waals surface area contributed by atoms with Gasteiger partial charge in [0.15, 0.2) is 0 Å². The van der Waals surface area contributed by atoms with Crippen molar-refractivity contribution in [2.45, 2.75) is 26.3 Å². The molecule has 0 aliphatic heterocycles. The molecule has 0 bridgehead atoms. The van der Waals surface area contributed by atoms with Crippen LogP contribution in [0.2, 0.25) is 0 Å². The Morgan fingerprint density at radius 1 is 1.56 bits per heavy atom. The topological polar surface area (TPSA) is 45.2 Å². The predicted octanol–water partition coefficient (Wildman–Crippen LogP) is 1.52. The minimum Gasteiger partial charge on any atom is -0.349 e. The lowest BCUT2D eigenvalue weighted by Gasteiger charge is -2.32. The highest BCUT2D eigenvalue weighted by molar-refractivity contribution is 7.11. The van der Waals surface area contributed by atoms with Crippen LogP contribution in [0.25, 0.3) is 0 Å². The maximum Gasteiger partial charge on any atom is 0.263 e. The number of aryl methyl sites for hydroxylation is 1. The Kier molecular flexibility index (Phi) is 4.04. The molecular weight excluding hydrogens is 222 g/mol. The summed E-state index contributed by atoms with van der Waals surface area (Å²) < 4.78 is 0. The number of thiazole rings is 1. The van der Waals surface area contributed by atoms with Crippen LogP contribution < -0.4 is 5.32 Å². The highest BCUT2D eigenvalue weighted by Crippen LogP contribution is 2.13. The van der Waals surface area contributed by atoms with Gasteiger partial charge in [-0.25, -0.2) is 4.98 Å². The van der Waals surface area contributed by atoms with E-state index >= 15 is 0 Å². The molecule has 5 heteroatoms. The molecule has 0 aliphatic carbocycles. The first kappa shape index (κ1) is 13.1. The Hall–Kier alpha value is -0.940. The molecule has 1 aromatic rings. The molecule has 1 heterocycles. The first-order valence-electron chi connectivity index (χ1n) is 5.20. The van der Waals surface area contributed by atoms with E-state index in [-0.39, 0.29) is 11.4 Å². The van der Waals surface area contributed by atoms with Crippen LogP contribution in [0, 0.1) is 6.92 Å². The molecule has 1 aromatic heterocycles.